The smallest absolute Gasteiger partial charge is 0.240 e. The summed E-state index contributed by atoms with van der Waals surface area (Å²) in [7, 11) is -3.70. The molecule has 0 spiro atoms. The number of nitrogens with one attached hydrogen (secondary N) is 3. The van der Waals surface area contributed by atoms with Gasteiger partial charge < -0.3 is 10.6 Å². The van der Waals surface area contributed by atoms with Crippen LogP contribution in [0.2, 0.25) is 0 Å². The van der Waals surface area contributed by atoms with E-state index in [1.54, 1.807) is 24.3 Å². The lowest BCUT2D eigenvalue weighted by atomic mass is 9.85. The molecule has 0 radical (unpaired) electrons. The molecule has 1 atom stereocenters. The molecule has 2 aromatic carbocycles. The molecular formula is C23H28FN3O4S. The van der Waals surface area contributed by atoms with Gasteiger partial charge in [0.2, 0.25) is 21.8 Å². The van der Waals surface area contributed by atoms with Crippen LogP contribution in [-0.2, 0) is 19.6 Å². The Morgan fingerprint density at radius 3 is 2.12 bits per heavy atom. The fourth-order valence-corrected chi connectivity index (χ4v) is 5.15. The molecule has 32 heavy (non-hydrogen) atoms. The van der Waals surface area contributed by atoms with Crippen molar-refractivity contribution in [2.75, 3.05) is 5.32 Å². The second-order valence-corrected chi connectivity index (χ2v) is 9.87. The quantitative estimate of drug-likeness (QED) is 0.587. The standard InChI is InChI=1S/C23H28FN3O4S/c1-15(17-3-7-19(24)8-4-17)25-23(29)18-5-9-21(10-6-18)27-32(30,31)22-13-11-20(12-14-22)26-16(2)28/h3-4,7-8,11-15,18,21,27H,5-6,9-10H2,1-2H3,(H,25,29)(H,26,28). The van der Waals surface area contributed by atoms with E-state index in [1.165, 1.54) is 31.2 Å². The van der Waals surface area contributed by atoms with Crippen LogP contribution >= 0.6 is 0 Å². The Bertz CT molecular complexity index is 1050. The Balaban J connectivity index is 1.50. The number of carbonyl (C=O) groups is 2. The number of rotatable bonds is 7. The van der Waals surface area contributed by atoms with Crippen LogP contribution in [0.1, 0.15) is 51.1 Å². The van der Waals surface area contributed by atoms with Crippen molar-refractivity contribution < 1.29 is 22.4 Å². The number of carbonyl (C=O) groups excluding carboxylic acids is 2. The molecule has 0 saturated heterocycles. The number of sulfonamides is 1. The maximum absolute atomic E-state index is 13.1. The lowest BCUT2D eigenvalue weighted by Gasteiger charge is -2.29. The second kappa shape index (κ2) is 10.2. The van der Waals surface area contributed by atoms with E-state index in [-0.39, 0.29) is 40.5 Å². The molecule has 2 aromatic rings. The molecule has 172 valence electrons. The number of halogens is 1. The molecule has 3 rings (SSSR count). The maximum Gasteiger partial charge on any atom is 0.240 e. The van der Waals surface area contributed by atoms with Gasteiger partial charge in [-0.3, -0.25) is 9.59 Å². The van der Waals surface area contributed by atoms with Crippen molar-refractivity contribution in [2.45, 2.75) is 56.5 Å². The number of hydrogen-bond acceptors (Lipinski definition) is 4. The Kier molecular flexibility index (Phi) is 7.63. The zero-order valence-corrected chi connectivity index (χ0v) is 18.9. The van der Waals surface area contributed by atoms with Gasteiger partial charge in [-0.05, 0) is 74.6 Å². The van der Waals surface area contributed by atoms with E-state index in [9.17, 15) is 22.4 Å². The second-order valence-electron chi connectivity index (χ2n) is 8.16. The van der Waals surface area contributed by atoms with Crippen molar-refractivity contribution in [2.24, 2.45) is 5.92 Å². The van der Waals surface area contributed by atoms with Crippen molar-refractivity contribution in [3.63, 3.8) is 0 Å². The summed E-state index contributed by atoms with van der Waals surface area (Å²) in [6.45, 7) is 3.23. The normalized spacial score (nSPS) is 19.7. The van der Waals surface area contributed by atoms with Crippen LogP contribution in [0.5, 0.6) is 0 Å². The van der Waals surface area contributed by atoms with Gasteiger partial charge in [-0.2, -0.15) is 0 Å². The summed E-state index contributed by atoms with van der Waals surface area (Å²) in [6.07, 6.45) is 2.28. The van der Waals surface area contributed by atoms with Crippen molar-refractivity contribution in [1.29, 1.82) is 0 Å². The van der Waals surface area contributed by atoms with Crippen LogP contribution < -0.4 is 15.4 Å². The minimum absolute atomic E-state index is 0.0725. The first kappa shape index (κ1) is 23.9. The molecule has 7 nitrogen and oxygen atoms in total. The Morgan fingerprint density at radius 2 is 1.56 bits per heavy atom. The lowest BCUT2D eigenvalue weighted by Crippen LogP contribution is -2.41. The van der Waals surface area contributed by atoms with Gasteiger partial charge in [0.1, 0.15) is 5.82 Å². The highest BCUT2D eigenvalue weighted by molar-refractivity contribution is 7.89. The molecule has 1 unspecified atom stereocenters. The fraction of sp³-hybridized carbons (Fsp3) is 0.391. The lowest BCUT2D eigenvalue weighted by molar-refractivity contribution is -0.126. The number of anilines is 1. The van der Waals surface area contributed by atoms with E-state index in [4.69, 9.17) is 0 Å². The molecule has 1 aliphatic rings. The van der Waals surface area contributed by atoms with Crippen LogP contribution in [0.3, 0.4) is 0 Å². The first-order valence-corrected chi connectivity index (χ1v) is 12.1. The molecule has 1 fully saturated rings. The van der Waals surface area contributed by atoms with Gasteiger partial charge in [0.15, 0.2) is 0 Å². The van der Waals surface area contributed by atoms with Gasteiger partial charge in [-0.1, -0.05) is 12.1 Å². The molecule has 1 saturated carbocycles. The molecule has 3 N–H and O–H groups in total. The first-order chi connectivity index (χ1) is 15.1. The van der Waals surface area contributed by atoms with Gasteiger partial charge >= 0.3 is 0 Å². The van der Waals surface area contributed by atoms with E-state index < -0.39 is 10.0 Å². The summed E-state index contributed by atoms with van der Waals surface area (Å²) in [5, 5.41) is 5.56. The fourth-order valence-electron chi connectivity index (χ4n) is 3.85. The van der Waals surface area contributed by atoms with Crippen LogP contribution in [-0.4, -0.2) is 26.3 Å². The zero-order valence-electron chi connectivity index (χ0n) is 18.1. The van der Waals surface area contributed by atoms with Crippen molar-refractivity contribution in [3.05, 3.63) is 59.9 Å². The molecule has 1 aliphatic carbocycles. The largest absolute Gasteiger partial charge is 0.349 e. The van der Waals surface area contributed by atoms with E-state index in [0.717, 1.165) is 5.56 Å². The van der Waals surface area contributed by atoms with Crippen molar-refractivity contribution in [3.8, 4) is 0 Å². The highest BCUT2D eigenvalue weighted by atomic mass is 32.2. The van der Waals surface area contributed by atoms with Gasteiger partial charge in [0.25, 0.3) is 0 Å². The highest BCUT2D eigenvalue weighted by Gasteiger charge is 2.29. The summed E-state index contributed by atoms with van der Waals surface area (Å²) >= 11 is 0. The van der Waals surface area contributed by atoms with Crippen LogP contribution in [0.15, 0.2) is 53.4 Å². The zero-order chi connectivity index (χ0) is 23.3. The summed E-state index contributed by atoms with van der Waals surface area (Å²) < 4.78 is 41.1. The average molecular weight is 462 g/mol. The predicted octanol–water partition coefficient (Wildman–Crippen LogP) is 3.50. The monoisotopic (exact) mass is 461 g/mol. The molecule has 0 heterocycles. The third-order valence-electron chi connectivity index (χ3n) is 5.63. The van der Waals surface area contributed by atoms with E-state index in [0.29, 0.717) is 31.4 Å². The Hall–Kier alpha value is -2.78. The molecule has 0 bridgehead atoms. The molecule has 2 amide bonds. The molecule has 0 aliphatic heterocycles. The van der Waals surface area contributed by atoms with E-state index in [2.05, 4.69) is 15.4 Å². The number of amides is 2. The summed E-state index contributed by atoms with van der Waals surface area (Å²) in [5.74, 6) is -0.810. The summed E-state index contributed by atoms with van der Waals surface area (Å²) in [4.78, 5) is 23.8. The Labute approximate surface area is 187 Å². The van der Waals surface area contributed by atoms with Crippen LogP contribution in [0.4, 0.5) is 10.1 Å². The van der Waals surface area contributed by atoms with Gasteiger partial charge in [0, 0.05) is 24.6 Å². The first-order valence-electron chi connectivity index (χ1n) is 10.6. The third-order valence-corrected chi connectivity index (χ3v) is 7.17. The molecular weight excluding hydrogens is 433 g/mol. The number of benzene rings is 2. The maximum atomic E-state index is 13.1. The summed E-state index contributed by atoms with van der Waals surface area (Å²) in [5.41, 5.74) is 1.35. The van der Waals surface area contributed by atoms with E-state index in [1.807, 2.05) is 6.92 Å². The van der Waals surface area contributed by atoms with Crippen LogP contribution in [0.25, 0.3) is 0 Å². The predicted molar refractivity (Wildman–Crippen MR) is 120 cm³/mol. The van der Waals surface area contributed by atoms with Gasteiger partial charge in [0.05, 0.1) is 10.9 Å². The van der Waals surface area contributed by atoms with Gasteiger partial charge in [-0.15, -0.1) is 0 Å². The van der Waals surface area contributed by atoms with E-state index >= 15 is 0 Å². The minimum atomic E-state index is -3.70. The molecule has 9 heteroatoms. The molecule has 0 aromatic heterocycles. The summed E-state index contributed by atoms with van der Waals surface area (Å²) in [6, 6.07) is 11.5. The van der Waals surface area contributed by atoms with Crippen LogP contribution in [0, 0.1) is 11.7 Å². The average Bonchev–Trinajstić information content (AvgIpc) is 2.74. The van der Waals surface area contributed by atoms with Gasteiger partial charge in [-0.25, -0.2) is 17.5 Å². The third kappa shape index (κ3) is 6.37. The van der Waals surface area contributed by atoms with Crippen molar-refractivity contribution >= 4 is 27.5 Å². The number of hydrogen-bond donors (Lipinski definition) is 3. The minimum Gasteiger partial charge on any atom is -0.349 e. The van der Waals surface area contributed by atoms with Crippen molar-refractivity contribution in [1.82, 2.24) is 10.0 Å². The topological polar surface area (TPSA) is 104 Å². The highest BCUT2D eigenvalue weighted by Crippen LogP contribution is 2.27. The Morgan fingerprint density at radius 1 is 0.969 bits per heavy atom. The SMILES string of the molecule is CC(=O)Nc1ccc(S(=O)(=O)NC2CCC(C(=O)NC(C)c3ccc(F)cc3)CC2)cc1.